The second-order valence-corrected chi connectivity index (χ2v) is 5.89. The first kappa shape index (κ1) is 15.3. The van der Waals surface area contributed by atoms with Crippen LogP contribution in [0.2, 0.25) is 0 Å². The maximum atomic E-state index is 4.78. The van der Waals surface area contributed by atoms with E-state index < -0.39 is 0 Å². The second kappa shape index (κ2) is 5.97. The predicted octanol–water partition coefficient (Wildman–Crippen LogP) is 2.09. The van der Waals surface area contributed by atoms with Gasteiger partial charge in [-0.15, -0.1) is 0 Å². The van der Waals surface area contributed by atoms with E-state index in [1.807, 2.05) is 50.3 Å². The van der Waals surface area contributed by atoms with Crippen molar-refractivity contribution in [1.29, 1.82) is 0 Å². The summed E-state index contributed by atoms with van der Waals surface area (Å²) in [6, 6.07) is 5.71. The van der Waals surface area contributed by atoms with Gasteiger partial charge >= 0.3 is 0 Å². The normalized spacial score (nSPS) is 11.2. The molecule has 0 radical (unpaired) electrons. The monoisotopic (exact) mass is 334 g/mol. The first-order valence-electron chi connectivity index (χ1n) is 7.95. The van der Waals surface area contributed by atoms with Crippen LogP contribution in [0.15, 0.2) is 36.8 Å². The highest BCUT2D eigenvalue weighted by Gasteiger charge is 2.19. The molecule has 8 nitrogen and oxygen atoms in total. The highest BCUT2D eigenvalue weighted by Crippen LogP contribution is 2.29. The molecule has 0 aromatic carbocycles. The molecule has 4 aromatic heterocycles. The van der Waals surface area contributed by atoms with Crippen molar-refractivity contribution >= 4 is 16.9 Å². The first-order chi connectivity index (χ1) is 12.1. The van der Waals surface area contributed by atoms with Gasteiger partial charge in [0.2, 0.25) is 0 Å². The average Bonchev–Trinajstić information content (AvgIpc) is 3.23. The van der Waals surface area contributed by atoms with Crippen molar-refractivity contribution < 1.29 is 0 Å². The number of anilines is 1. The van der Waals surface area contributed by atoms with Gasteiger partial charge in [-0.1, -0.05) is 6.07 Å². The molecule has 4 aromatic rings. The Morgan fingerprint density at radius 1 is 1.16 bits per heavy atom. The van der Waals surface area contributed by atoms with E-state index in [0.29, 0.717) is 12.4 Å². The number of aromatic nitrogens is 7. The largest absolute Gasteiger partial charge is 0.351 e. The number of nitrogens with one attached hydrogen (secondary N) is 1. The third-order valence-corrected chi connectivity index (χ3v) is 4.04. The molecule has 0 saturated carbocycles. The Morgan fingerprint density at radius 2 is 2.04 bits per heavy atom. The fourth-order valence-electron chi connectivity index (χ4n) is 2.89. The van der Waals surface area contributed by atoms with Gasteiger partial charge in [0.1, 0.15) is 17.3 Å². The smallest absolute Gasteiger partial charge is 0.182 e. The number of aryl methyl sites for hydroxylation is 2. The molecule has 0 fully saturated rings. The van der Waals surface area contributed by atoms with E-state index in [9.17, 15) is 0 Å². The Labute approximate surface area is 144 Å². The van der Waals surface area contributed by atoms with Gasteiger partial charge in [-0.05, 0) is 19.1 Å². The molecule has 0 aliphatic carbocycles. The van der Waals surface area contributed by atoms with Gasteiger partial charge in [0.05, 0.1) is 17.6 Å². The van der Waals surface area contributed by atoms with E-state index in [4.69, 9.17) is 4.98 Å². The van der Waals surface area contributed by atoms with Crippen molar-refractivity contribution in [3.63, 3.8) is 0 Å². The molecule has 0 atom stereocenters. The summed E-state index contributed by atoms with van der Waals surface area (Å²) in [5.74, 6) is 2.26. The number of imidazole rings is 1. The Kier molecular flexibility index (Phi) is 3.64. The number of hydrogen-bond donors (Lipinski definition) is 1. The number of nitrogens with zero attached hydrogens (tertiary/aromatic N) is 7. The molecule has 0 aliphatic rings. The topological polar surface area (TPSA) is 88.4 Å². The van der Waals surface area contributed by atoms with Crippen LogP contribution in [0.1, 0.15) is 11.5 Å². The Morgan fingerprint density at radius 3 is 2.76 bits per heavy atom. The van der Waals surface area contributed by atoms with E-state index in [1.54, 1.807) is 17.1 Å². The summed E-state index contributed by atoms with van der Waals surface area (Å²) >= 11 is 0. The Balaban J connectivity index is 1.88. The standard InChI is InChI=1S/C17H18N8/c1-11-14-16(24(2)10-13-19-8-9-20-13)21-15(12-6-4-5-7-18-12)22-17(14)25(3)23-11/h4-9H,10H2,1-3H3,(H,19,20). The molecule has 1 N–H and O–H groups in total. The fraction of sp³-hybridized carbons (Fsp3) is 0.235. The predicted molar refractivity (Wildman–Crippen MR) is 95.0 cm³/mol. The van der Waals surface area contributed by atoms with Gasteiger partial charge in [0.15, 0.2) is 11.5 Å². The zero-order valence-corrected chi connectivity index (χ0v) is 14.3. The minimum absolute atomic E-state index is 0.581. The molecule has 126 valence electrons. The summed E-state index contributed by atoms with van der Waals surface area (Å²) in [6.07, 6.45) is 5.30. The van der Waals surface area contributed by atoms with Crippen LogP contribution in [-0.2, 0) is 13.6 Å². The van der Waals surface area contributed by atoms with E-state index in [1.165, 1.54) is 0 Å². The van der Waals surface area contributed by atoms with Gasteiger partial charge in [-0.25, -0.2) is 15.0 Å². The number of H-pyrrole nitrogens is 1. The number of rotatable bonds is 4. The lowest BCUT2D eigenvalue weighted by molar-refractivity contribution is 0.773. The lowest BCUT2D eigenvalue weighted by Crippen LogP contribution is -2.19. The number of hydrogen-bond acceptors (Lipinski definition) is 6. The fourth-order valence-corrected chi connectivity index (χ4v) is 2.89. The van der Waals surface area contributed by atoms with Crippen LogP contribution in [0.3, 0.4) is 0 Å². The summed E-state index contributed by atoms with van der Waals surface area (Å²) in [6.45, 7) is 2.57. The second-order valence-electron chi connectivity index (χ2n) is 5.89. The maximum Gasteiger partial charge on any atom is 0.182 e. The molecule has 8 heteroatoms. The molecule has 0 spiro atoms. The zero-order valence-electron chi connectivity index (χ0n) is 14.3. The molecule has 25 heavy (non-hydrogen) atoms. The van der Waals surface area contributed by atoms with Crippen molar-refractivity contribution in [2.75, 3.05) is 11.9 Å². The molecule has 4 heterocycles. The third kappa shape index (κ3) is 2.71. The van der Waals surface area contributed by atoms with E-state index in [0.717, 1.165) is 34.1 Å². The SMILES string of the molecule is Cc1nn(C)c2nc(-c3ccccn3)nc(N(C)Cc3ncc[nH]3)c12. The van der Waals surface area contributed by atoms with Crippen molar-refractivity contribution in [2.45, 2.75) is 13.5 Å². The molecular formula is C17H18N8. The van der Waals surface area contributed by atoms with Gasteiger partial charge in [-0.2, -0.15) is 5.10 Å². The summed E-state index contributed by atoms with van der Waals surface area (Å²) < 4.78 is 1.78. The van der Waals surface area contributed by atoms with Gasteiger partial charge in [0, 0.05) is 32.7 Å². The third-order valence-electron chi connectivity index (χ3n) is 4.04. The molecule has 0 amide bonds. The van der Waals surface area contributed by atoms with Crippen LogP contribution in [0.25, 0.3) is 22.6 Å². The number of pyridine rings is 1. The van der Waals surface area contributed by atoms with Crippen molar-refractivity contribution in [2.24, 2.45) is 7.05 Å². The van der Waals surface area contributed by atoms with Crippen molar-refractivity contribution in [3.05, 3.63) is 48.3 Å². The molecule has 0 bridgehead atoms. The highest BCUT2D eigenvalue weighted by atomic mass is 15.3. The van der Waals surface area contributed by atoms with Crippen LogP contribution in [0, 0.1) is 6.92 Å². The summed E-state index contributed by atoms with van der Waals surface area (Å²) in [4.78, 5) is 23.3. The van der Waals surface area contributed by atoms with E-state index >= 15 is 0 Å². The Hall–Kier alpha value is -3.29. The van der Waals surface area contributed by atoms with Crippen LogP contribution < -0.4 is 4.90 Å². The molecule has 0 unspecified atom stereocenters. The zero-order chi connectivity index (χ0) is 17.4. The van der Waals surface area contributed by atoms with Crippen molar-refractivity contribution in [3.8, 4) is 11.5 Å². The molecule has 0 aliphatic heterocycles. The summed E-state index contributed by atoms with van der Waals surface area (Å²) in [5.41, 5.74) is 2.41. The Bertz CT molecular complexity index is 1000. The molecule has 4 rings (SSSR count). The highest BCUT2D eigenvalue weighted by molar-refractivity contribution is 5.91. The van der Waals surface area contributed by atoms with Crippen LogP contribution >= 0.6 is 0 Å². The molecular weight excluding hydrogens is 316 g/mol. The minimum atomic E-state index is 0.581. The minimum Gasteiger partial charge on any atom is -0.351 e. The molecule has 0 saturated heterocycles. The number of aromatic amines is 1. The van der Waals surface area contributed by atoms with Crippen molar-refractivity contribution in [1.82, 2.24) is 34.7 Å². The summed E-state index contributed by atoms with van der Waals surface area (Å²) in [7, 11) is 3.87. The van der Waals surface area contributed by atoms with Crippen LogP contribution in [-0.4, -0.2) is 41.7 Å². The van der Waals surface area contributed by atoms with Gasteiger partial charge < -0.3 is 9.88 Å². The lowest BCUT2D eigenvalue weighted by Gasteiger charge is -2.18. The van der Waals surface area contributed by atoms with E-state index in [2.05, 4.69) is 25.0 Å². The van der Waals surface area contributed by atoms with Gasteiger partial charge in [0.25, 0.3) is 0 Å². The van der Waals surface area contributed by atoms with Crippen LogP contribution in [0.5, 0.6) is 0 Å². The van der Waals surface area contributed by atoms with Crippen LogP contribution in [0.4, 0.5) is 5.82 Å². The lowest BCUT2D eigenvalue weighted by atomic mass is 10.2. The van der Waals surface area contributed by atoms with E-state index in [-0.39, 0.29) is 0 Å². The van der Waals surface area contributed by atoms with Gasteiger partial charge in [-0.3, -0.25) is 9.67 Å². The first-order valence-corrected chi connectivity index (χ1v) is 7.95. The number of fused-ring (bicyclic) bond motifs is 1. The average molecular weight is 334 g/mol. The summed E-state index contributed by atoms with van der Waals surface area (Å²) in [5, 5.41) is 5.45. The quantitative estimate of drug-likeness (QED) is 0.615. The maximum absolute atomic E-state index is 4.78.